The van der Waals surface area contributed by atoms with Gasteiger partial charge in [-0.1, -0.05) is 6.42 Å². The molecule has 0 unspecified atom stereocenters. The maximum Gasteiger partial charge on any atom is 0.217 e. The number of rotatable bonds is 6. The first-order valence-electron chi connectivity index (χ1n) is 8.56. The standard InChI is InChI=1S/C17H24N2O3S/c20-23(21,16-3-4-16)19-10-15-2-1-7-17(15,12-19)13-22-11-14-5-8-18-9-6-14/h5-6,8-9,15-16H,1-4,7,10-13H2/t15-,17+/m0/s1. The predicted octanol–water partition coefficient (Wildman–Crippen LogP) is 2.19. The van der Waals surface area contributed by atoms with E-state index < -0.39 is 10.0 Å². The molecule has 6 heteroatoms. The minimum Gasteiger partial charge on any atom is -0.376 e. The van der Waals surface area contributed by atoms with Crippen molar-refractivity contribution in [1.29, 1.82) is 0 Å². The summed E-state index contributed by atoms with van der Waals surface area (Å²) in [5, 5.41) is -0.101. The summed E-state index contributed by atoms with van der Waals surface area (Å²) >= 11 is 0. The molecule has 4 rings (SSSR count). The maximum atomic E-state index is 12.5. The molecule has 23 heavy (non-hydrogen) atoms. The third-order valence-corrected chi connectivity index (χ3v) is 8.03. The second-order valence-corrected chi connectivity index (χ2v) is 9.55. The monoisotopic (exact) mass is 336 g/mol. The van der Waals surface area contributed by atoms with E-state index in [4.69, 9.17) is 4.74 Å². The molecular weight excluding hydrogens is 312 g/mol. The SMILES string of the molecule is O=S(=O)(C1CC1)N1C[C@@H]2CCC[C@]2(COCc2ccncc2)C1. The van der Waals surface area contributed by atoms with Crippen LogP contribution in [0.1, 0.15) is 37.7 Å². The van der Waals surface area contributed by atoms with E-state index in [1.54, 1.807) is 16.7 Å². The molecule has 1 aromatic rings. The summed E-state index contributed by atoms with van der Waals surface area (Å²) < 4.78 is 32.8. The average Bonchev–Trinajstić information content (AvgIpc) is 3.24. The van der Waals surface area contributed by atoms with Crippen LogP contribution in [-0.2, 0) is 21.4 Å². The van der Waals surface area contributed by atoms with E-state index in [0.717, 1.165) is 31.2 Å². The van der Waals surface area contributed by atoms with Gasteiger partial charge in [0.2, 0.25) is 10.0 Å². The van der Waals surface area contributed by atoms with Crippen LogP contribution in [-0.4, -0.2) is 42.7 Å². The molecule has 2 heterocycles. The van der Waals surface area contributed by atoms with Gasteiger partial charge in [-0.05, 0) is 49.3 Å². The molecule has 2 atom stereocenters. The summed E-state index contributed by atoms with van der Waals surface area (Å²) in [6.45, 7) is 2.60. The third kappa shape index (κ3) is 2.92. The van der Waals surface area contributed by atoms with Crippen molar-refractivity contribution in [1.82, 2.24) is 9.29 Å². The fraction of sp³-hybridized carbons (Fsp3) is 0.706. The predicted molar refractivity (Wildman–Crippen MR) is 87.2 cm³/mol. The number of aromatic nitrogens is 1. The molecule has 0 N–H and O–H groups in total. The second-order valence-electron chi connectivity index (χ2n) is 7.34. The lowest BCUT2D eigenvalue weighted by molar-refractivity contribution is 0.0291. The number of nitrogens with zero attached hydrogens (tertiary/aromatic N) is 2. The molecule has 126 valence electrons. The first kappa shape index (κ1) is 15.5. The number of hydrogen-bond acceptors (Lipinski definition) is 4. The molecule has 0 amide bonds. The van der Waals surface area contributed by atoms with Gasteiger partial charge in [-0.25, -0.2) is 12.7 Å². The van der Waals surface area contributed by atoms with Crippen LogP contribution >= 0.6 is 0 Å². The van der Waals surface area contributed by atoms with Gasteiger partial charge in [0.25, 0.3) is 0 Å². The highest BCUT2D eigenvalue weighted by molar-refractivity contribution is 7.90. The zero-order valence-electron chi connectivity index (χ0n) is 13.4. The largest absolute Gasteiger partial charge is 0.376 e. The summed E-state index contributed by atoms with van der Waals surface area (Å²) in [7, 11) is -3.05. The lowest BCUT2D eigenvalue weighted by atomic mass is 9.82. The van der Waals surface area contributed by atoms with Crippen LogP contribution < -0.4 is 0 Å². The summed E-state index contributed by atoms with van der Waals surface area (Å²) in [5.74, 6) is 0.466. The minimum absolute atomic E-state index is 0.0367. The van der Waals surface area contributed by atoms with Crippen molar-refractivity contribution in [3.05, 3.63) is 30.1 Å². The molecule has 3 aliphatic rings. The van der Waals surface area contributed by atoms with Crippen LogP contribution in [0, 0.1) is 11.3 Å². The van der Waals surface area contributed by atoms with Crippen LogP contribution in [0.2, 0.25) is 0 Å². The Morgan fingerprint density at radius 1 is 1.26 bits per heavy atom. The fourth-order valence-electron chi connectivity index (χ4n) is 4.22. The van der Waals surface area contributed by atoms with Gasteiger partial charge in [-0.15, -0.1) is 0 Å². The van der Waals surface area contributed by atoms with E-state index in [1.165, 1.54) is 6.42 Å². The lowest BCUT2D eigenvalue weighted by Crippen LogP contribution is -2.36. The molecule has 0 aromatic carbocycles. The van der Waals surface area contributed by atoms with Gasteiger partial charge < -0.3 is 4.74 Å². The first-order chi connectivity index (χ1) is 11.1. The Morgan fingerprint density at radius 3 is 2.78 bits per heavy atom. The Bertz CT molecular complexity index is 660. The van der Waals surface area contributed by atoms with E-state index in [9.17, 15) is 8.42 Å². The van der Waals surface area contributed by atoms with Crippen LogP contribution in [0.3, 0.4) is 0 Å². The Labute approximate surface area is 138 Å². The fourth-order valence-corrected chi connectivity index (χ4v) is 6.20. The highest BCUT2D eigenvalue weighted by Crippen LogP contribution is 2.50. The number of hydrogen-bond donors (Lipinski definition) is 0. The van der Waals surface area contributed by atoms with Crippen molar-refractivity contribution in [2.75, 3.05) is 19.7 Å². The first-order valence-corrected chi connectivity index (χ1v) is 10.1. The molecule has 2 saturated carbocycles. The van der Waals surface area contributed by atoms with E-state index >= 15 is 0 Å². The van der Waals surface area contributed by atoms with Gasteiger partial charge in [0.1, 0.15) is 0 Å². The van der Waals surface area contributed by atoms with Gasteiger partial charge in [-0.2, -0.15) is 0 Å². The van der Waals surface area contributed by atoms with Crippen LogP contribution in [0.5, 0.6) is 0 Å². The Hall–Kier alpha value is -0.980. The van der Waals surface area contributed by atoms with E-state index in [0.29, 0.717) is 32.2 Å². The summed E-state index contributed by atoms with van der Waals surface area (Å²) in [4.78, 5) is 4.01. The zero-order chi connectivity index (χ0) is 15.9. The van der Waals surface area contributed by atoms with Crippen molar-refractivity contribution in [3.8, 4) is 0 Å². The van der Waals surface area contributed by atoms with Gasteiger partial charge in [0, 0.05) is 30.9 Å². The Balaban J connectivity index is 1.41. The van der Waals surface area contributed by atoms with Crippen molar-refractivity contribution in [2.45, 2.75) is 44.0 Å². The Kier molecular flexibility index (Phi) is 3.94. The Morgan fingerprint density at radius 2 is 2.04 bits per heavy atom. The highest BCUT2D eigenvalue weighted by Gasteiger charge is 2.54. The second kappa shape index (κ2) is 5.83. The summed E-state index contributed by atoms with van der Waals surface area (Å²) in [5.41, 5.74) is 1.15. The highest BCUT2D eigenvalue weighted by atomic mass is 32.2. The van der Waals surface area contributed by atoms with Crippen LogP contribution in [0.15, 0.2) is 24.5 Å². The van der Waals surface area contributed by atoms with E-state index in [2.05, 4.69) is 4.98 Å². The smallest absolute Gasteiger partial charge is 0.217 e. The van der Waals surface area contributed by atoms with E-state index in [1.807, 2.05) is 12.1 Å². The lowest BCUT2D eigenvalue weighted by Gasteiger charge is -2.28. The number of sulfonamides is 1. The molecule has 1 aliphatic heterocycles. The molecule has 2 aliphatic carbocycles. The molecular formula is C17H24N2O3S. The average molecular weight is 336 g/mol. The molecule has 0 radical (unpaired) electrons. The van der Waals surface area contributed by atoms with E-state index in [-0.39, 0.29) is 10.7 Å². The normalized spacial score (nSPS) is 31.4. The molecule has 0 spiro atoms. The van der Waals surface area contributed by atoms with Crippen molar-refractivity contribution < 1.29 is 13.2 Å². The molecule has 5 nitrogen and oxygen atoms in total. The van der Waals surface area contributed by atoms with Gasteiger partial charge in [0.05, 0.1) is 18.5 Å². The van der Waals surface area contributed by atoms with Gasteiger partial charge in [0.15, 0.2) is 0 Å². The van der Waals surface area contributed by atoms with Crippen molar-refractivity contribution in [2.24, 2.45) is 11.3 Å². The molecule has 1 aromatic heterocycles. The van der Waals surface area contributed by atoms with Crippen molar-refractivity contribution >= 4 is 10.0 Å². The van der Waals surface area contributed by atoms with Crippen LogP contribution in [0.4, 0.5) is 0 Å². The number of ether oxygens (including phenoxy) is 1. The zero-order valence-corrected chi connectivity index (χ0v) is 14.2. The van der Waals surface area contributed by atoms with Crippen molar-refractivity contribution in [3.63, 3.8) is 0 Å². The van der Waals surface area contributed by atoms with Gasteiger partial charge >= 0.3 is 0 Å². The molecule has 0 bridgehead atoms. The third-order valence-electron chi connectivity index (χ3n) is 5.72. The number of pyridine rings is 1. The number of fused-ring (bicyclic) bond motifs is 1. The summed E-state index contributed by atoms with van der Waals surface area (Å²) in [6.07, 6.45) is 8.65. The van der Waals surface area contributed by atoms with Gasteiger partial charge in [-0.3, -0.25) is 4.98 Å². The minimum atomic E-state index is -3.05. The quantitative estimate of drug-likeness (QED) is 0.799. The summed E-state index contributed by atoms with van der Waals surface area (Å²) in [6, 6.07) is 3.92. The molecule has 3 fully saturated rings. The maximum absolute atomic E-state index is 12.5. The van der Waals surface area contributed by atoms with Crippen LogP contribution in [0.25, 0.3) is 0 Å². The molecule has 1 saturated heterocycles. The topological polar surface area (TPSA) is 59.5 Å².